The first kappa shape index (κ1) is 71.9. The quantitative estimate of drug-likeness (QED) is 0.0287. The third kappa shape index (κ3) is 22.1. The number of amides is 9. The van der Waals surface area contributed by atoms with Gasteiger partial charge in [-0.05, 0) is 90.8 Å². The summed E-state index contributed by atoms with van der Waals surface area (Å²) in [5, 5.41) is 52.0. The second-order valence-corrected chi connectivity index (χ2v) is 26.2. The number of imidazole rings is 2. The molecule has 9 amide bonds. The van der Waals surface area contributed by atoms with Gasteiger partial charge in [0.15, 0.2) is 0 Å². The first-order valence-electron chi connectivity index (χ1n) is 31.5. The van der Waals surface area contributed by atoms with Crippen LogP contribution in [-0.4, -0.2) is 154 Å². The molecule has 25 nitrogen and oxygen atoms in total. The fourth-order valence-electron chi connectivity index (χ4n) is 11.1. The van der Waals surface area contributed by atoms with E-state index < -0.39 is 119 Å². The van der Waals surface area contributed by atoms with Crippen LogP contribution in [0.5, 0.6) is 11.5 Å². The highest BCUT2D eigenvalue weighted by atomic mass is 16.3. The van der Waals surface area contributed by atoms with E-state index in [4.69, 9.17) is 5.73 Å². The number of aromatic hydroxyl groups is 2. The zero-order valence-electron chi connectivity index (χ0n) is 54.0. The maximum absolute atomic E-state index is 14.9. The fourth-order valence-corrected chi connectivity index (χ4v) is 11.1. The van der Waals surface area contributed by atoms with E-state index >= 15 is 0 Å². The summed E-state index contributed by atoms with van der Waals surface area (Å²) >= 11 is 0. The van der Waals surface area contributed by atoms with Crippen LogP contribution in [0.2, 0.25) is 0 Å². The number of primary amides is 1. The minimum absolute atomic E-state index is 0.00127. The SMILES string of the molecule is CC(C)C[C@@H](C[C@H](O)[C@H](CC(C)C)NC(=O)[C@H](Cc1cnc[nH]1)NC(=O)[C@H](Cc1ccccc1)NC(=O)[C@@H]1CCCN1C(=O)[C@H](Cc1cnc[nH]1)NC(=O)C(C)(C)C)C(=O)N[C@H](C(=O)N[C@@H](Cc1ccc(O)cc1)C(=O)N[C@@H](Cc1ccc(O)cc1)C(N)=O)C(C)C. The molecule has 3 aromatic carbocycles. The largest absolute Gasteiger partial charge is 0.508 e. The predicted octanol–water partition coefficient (Wildman–Crippen LogP) is 3.09. The molecule has 3 heterocycles. The first-order valence-corrected chi connectivity index (χ1v) is 31.5. The fraction of sp³-hybridized carbons (Fsp3) is 0.507. The monoisotopic (exact) mass is 1270 g/mol. The number of aromatic amines is 2. The Morgan fingerprint density at radius 2 is 1.04 bits per heavy atom. The summed E-state index contributed by atoms with van der Waals surface area (Å²) in [5.74, 6) is -7.49. The van der Waals surface area contributed by atoms with Crippen LogP contribution in [0, 0.1) is 29.1 Å². The van der Waals surface area contributed by atoms with Crippen molar-refractivity contribution in [1.82, 2.24) is 62.1 Å². The number of hydrogen-bond acceptors (Lipinski definition) is 14. The lowest BCUT2D eigenvalue weighted by Crippen LogP contribution is -2.60. The van der Waals surface area contributed by atoms with Gasteiger partial charge in [-0.25, -0.2) is 9.97 Å². The highest BCUT2D eigenvalue weighted by Crippen LogP contribution is 2.25. The number of aliphatic hydroxyl groups excluding tert-OH is 1. The van der Waals surface area contributed by atoms with Crippen molar-refractivity contribution in [2.75, 3.05) is 6.54 Å². The van der Waals surface area contributed by atoms with Gasteiger partial charge in [-0.15, -0.1) is 0 Å². The summed E-state index contributed by atoms with van der Waals surface area (Å²) in [6, 6.07) is 11.5. The maximum Gasteiger partial charge on any atom is 0.246 e. The molecule has 0 radical (unpaired) electrons. The van der Waals surface area contributed by atoms with E-state index in [1.165, 1.54) is 48.0 Å². The standard InChI is InChI=1S/C67H93N13O12/c1-38(2)26-44(59(85)79-57(40(5)6)64(90)77-52(30-43-19-23-48(82)24-20-43)60(86)74-50(58(68)84)28-42-17-21-47(81)22-18-42)31-56(83)49(27-39(3)4)73-62(88)53(32-45-34-69-36-71-45)75-61(87)51(29-41-14-11-10-12-15-41)76-63(89)55-16-13-25-80(55)65(91)54(33-46-35-70-37-72-46)78-66(92)67(7,8)9/h10-12,14-15,17-24,34-40,44,49-57,81-83H,13,16,25-33H2,1-9H3,(H2,68,84)(H,69,71)(H,70,72)(H,73,88)(H,74,86)(H,75,87)(H,76,89)(H,77,90)(H,78,92)(H,79,85)/t44-,49-,50-,51-,52-,53-,54-,55-,56-,57-/m0/s1. The molecule has 498 valence electrons. The Labute approximate surface area is 537 Å². The molecule has 0 aliphatic carbocycles. The van der Waals surface area contributed by atoms with Crippen molar-refractivity contribution in [3.8, 4) is 11.5 Å². The molecule has 1 saturated heterocycles. The highest BCUT2D eigenvalue weighted by Gasteiger charge is 2.41. The number of phenols is 2. The molecule has 1 aliphatic rings. The lowest BCUT2D eigenvalue weighted by atomic mass is 9.86. The van der Waals surface area contributed by atoms with Crippen molar-refractivity contribution in [2.45, 2.75) is 181 Å². The molecule has 0 saturated carbocycles. The lowest BCUT2D eigenvalue weighted by molar-refractivity contribution is -0.143. The van der Waals surface area contributed by atoms with E-state index in [-0.39, 0.29) is 93.6 Å². The number of carbonyl (C=O) groups is 9. The Hall–Kier alpha value is -9.13. The number of nitrogens with two attached hydrogens (primary N) is 1. The number of phenolic OH excluding ortho intramolecular Hbond substituents is 2. The van der Waals surface area contributed by atoms with Gasteiger partial charge in [-0.2, -0.15) is 0 Å². The molecule has 14 N–H and O–H groups in total. The van der Waals surface area contributed by atoms with Crippen LogP contribution < -0.4 is 43.0 Å². The Morgan fingerprint density at radius 1 is 0.565 bits per heavy atom. The Bertz CT molecular complexity index is 3230. The van der Waals surface area contributed by atoms with Crippen LogP contribution in [0.4, 0.5) is 0 Å². The van der Waals surface area contributed by atoms with Crippen molar-refractivity contribution in [3.63, 3.8) is 0 Å². The molecule has 0 unspecified atom stereocenters. The van der Waals surface area contributed by atoms with Gasteiger partial charge in [-0.1, -0.05) is 117 Å². The average Bonchev–Trinajstić information content (AvgIpc) is 1.60. The third-order valence-corrected chi connectivity index (χ3v) is 16.1. The van der Waals surface area contributed by atoms with Crippen LogP contribution in [0.15, 0.2) is 104 Å². The Balaban J connectivity index is 1.20. The molecule has 6 rings (SSSR count). The molecule has 10 atom stereocenters. The number of H-pyrrole nitrogens is 2. The van der Waals surface area contributed by atoms with Gasteiger partial charge in [0.25, 0.3) is 0 Å². The summed E-state index contributed by atoms with van der Waals surface area (Å²) < 4.78 is 0. The van der Waals surface area contributed by atoms with E-state index in [1.807, 2.05) is 27.7 Å². The van der Waals surface area contributed by atoms with Gasteiger partial charge in [0, 0.05) is 73.8 Å². The molecule has 92 heavy (non-hydrogen) atoms. The number of carbonyl (C=O) groups excluding carboxylic acids is 9. The predicted molar refractivity (Wildman–Crippen MR) is 343 cm³/mol. The smallest absolute Gasteiger partial charge is 0.246 e. The molecule has 1 aliphatic heterocycles. The Morgan fingerprint density at radius 3 is 1.54 bits per heavy atom. The topological polar surface area (TPSA) is 385 Å². The number of nitrogens with one attached hydrogen (secondary N) is 9. The van der Waals surface area contributed by atoms with Gasteiger partial charge in [0.05, 0.1) is 24.8 Å². The van der Waals surface area contributed by atoms with Crippen LogP contribution in [0.3, 0.4) is 0 Å². The molecule has 5 aromatic rings. The molecule has 25 heteroatoms. The number of rotatable bonds is 33. The zero-order chi connectivity index (χ0) is 67.4. The molecular formula is C67H93N13O12. The summed E-state index contributed by atoms with van der Waals surface area (Å²) in [6.45, 7) is 16.4. The van der Waals surface area contributed by atoms with E-state index in [9.17, 15) is 58.5 Å². The summed E-state index contributed by atoms with van der Waals surface area (Å²) in [4.78, 5) is 144. The van der Waals surface area contributed by atoms with Crippen LogP contribution in [-0.2, 0) is 75.3 Å². The first-order chi connectivity index (χ1) is 43.5. The van der Waals surface area contributed by atoms with Gasteiger partial charge in [-0.3, -0.25) is 43.2 Å². The van der Waals surface area contributed by atoms with Crippen molar-refractivity contribution >= 4 is 53.2 Å². The summed E-state index contributed by atoms with van der Waals surface area (Å²) in [6.07, 6.45) is 5.48. The molecular weight excluding hydrogens is 1180 g/mol. The van der Waals surface area contributed by atoms with Gasteiger partial charge < -0.3 is 73.1 Å². The summed E-state index contributed by atoms with van der Waals surface area (Å²) in [7, 11) is 0. The third-order valence-electron chi connectivity index (χ3n) is 16.1. The zero-order valence-corrected chi connectivity index (χ0v) is 54.0. The summed E-state index contributed by atoms with van der Waals surface area (Å²) in [5.41, 5.74) is 7.80. The average molecular weight is 1270 g/mol. The number of aromatic nitrogens is 4. The van der Waals surface area contributed by atoms with Crippen LogP contribution >= 0.6 is 0 Å². The van der Waals surface area contributed by atoms with Crippen LogP contribution in [0.25, 0.3) is 0 Å². The molecule has 2 aromatic heterocycles. The molecule has 0 bridgehead atoms. The van der Waals surface area contributed by atoms with Crippen molar-refractivity contribution in [2.24, 2.45) is 34.8 Å². The number of likely N-dealkylation sites (tertiary alicyclic amines) is 1. The second-order valence-electron chi connectivity index (χ2n) is 26.2. The van der Waals surface area contributed by atoms with Gasteiger partial charge in [0.1, 0.15) is 53.8 Å². The lowest BCUT2D eigenvalue weighted by Gasteiger charge is -2.32. The van der Waals surface area contributed by atoms with Gasteiger partial charge in [0.2, 0.25) is 53.2 Å². The van der Waals surface area contributed by atoms with Crippen LogP contribution in [0.1, 0.15) is 122 Å². The molecule has 1 fully saturated rings. The van der Waals surface area contributed by atoms with Crippen molar-refractivity contribution in [3.05, 3.63) is 132 Å². The van der Waals surface area contributed by atoms with Crippen molar-refractivity contribution < 1.29 is 58.5 Å². The van der Waals surface area contributed by atoms with Crippen molar-refractivity contribution in [1.29, 1.82) is 0 Å². The minimum atomic E-state index is -1.35. The normalized spacial score (nSPS) is 16.2. The number of benzene rings is 3. The maximum atomic E-state index is 14.9. The van der Waals surface area contributed by atoms with E-state index in [2.05, 4.69) is 57.2 Å². The minimum Gasteiger partial charge on any atom is -0.508 e. The Kier molecular flexibility index (Phi) is 26.4. The van der Waals surface area contributed by atoms with Gasteiger partial charge >= 0.3 is 0 Å². The number of nitrogens with zero attached hydrogens (tertiary/aromatic N) is 3. The highest BCUT2D eigenvalue weighted by molar-refractivity contribution is 5.97. The van der Waals surface area contributed by atoms with E-state index in [0.717, 1.165) is 0 Å². The second kappa shape index (κ2) is 33.8. The molecule has 0 spiro atoms. The van der Waals surface area contributed by atoms with E-state index in [1.54, 1.807) is 95.4 Å². The number of hydrogen-bond donors (Lipinski definition) is 13. The number of aliphatic hydroxyl groups is 1. The van der Waals surface area contributed by atoms with E-state index in [0.29, 0.717) is 34.5 Å².